The molecule has 2 aliphatic rings. The van der Waals surface area contributed by atoms with Gasteiger partial charge in [0.25, 0.3) is 5.91 Å². The fraction of sp³-hybridized carbons (Fsp3) is 0.643. The summed E-state index contributed by atoms with van der Waals surface area (Å²) in [4.78, 5) is 22.2. The Morgan fingerprint density at radius 2 is 2.00 bits per heavy atom. The highest BCUT2D eigenvalue weighted by atomic mass is 16.3. The standard InChI is InChI=1S/C14H19N3O2/c18-13-5-1-3-11(13)12-4-2-6-17(12)14(19)10-7-15-9-16-8-10/h7-9,11-13,18H,1-6H2. The minimum absolute atomic E-state index is 0.00204. The van der Waals surface area contributed by atoms with Crippen molar-refractivity contribution in [2.45, 2.75) is 44.2 Å². The number of nitrogens with zero attached hydrogens (tertiary/aromatic N) is 3. The Balaban J connectivity index is 1.78. The first-order valence-electron chi connectivity index (χ1n) is 7.01. The van der Waals surface area contributed by atoms with Crippen molar-refractivity contribution in [1.82, 2.24) is 14.9 Å². The zero-order chi connectivity index (χ0) is 13.2. The largest absolute Gasteiger partial charge is 0.393 e. The first-order chi connectivity index (χ1) is 9.27. The number of aliphatic hydroxyl groups excluding tert-OH is 1. The third-order valence-electron chi connectivity index (χ3n) is 4.39. The van der Waals surface area contributed by atoms with Gasteiger partial charge in [-0.2, -0.15) is 0 Å². The summed E-state index contributed by atoms with van der Waals surface area (Å²) in [6.45, 7) is 0.779. The summed E-state index contributed by atoms with van der Waals surface area (Å²) in [6, 6.07) is 0.185. The van der Waals surface area contributed by atoms with Crippen molar-refractivity contribution < 1.29 is 9.90 Å². The van der Waals surface area contributed by atoms with E-state index in [1.807, 2.05) is 4.90 Å². The van der Waals surface area contributed by atoms with Crippen LogP contribution in [0.3, 0.4) is 0 Å². The molecule has 5 heteroatoms. The van der Waals surface area contributed by atoms with Gasteiger partial charge in [-0.1, -0.05) is 6.42 Å². The van der Waals surface area contributed by atoms with Crippen molar-refractivity contribution in [2.24, 2.45) is 5.92 Å². The number of likely N-dealkylation sites (tertiary alicyclic amines) is 1. The summed E-state index contributed by atoms with van der Waals surface area (Å²) in [6.07, 6.45) is 9.31. The third kappa shape index (κ3) is 2.34. The van der Waals surface area contributed by atoms with Gasteiger partial charge in [0.15, 0.2) is 0 Å². The maximum atomic E-state index is 12.5. The molecule has 102 valence electrons. The number of carbonyl (C=O) groups is 1. The molecule has 3 atom stereocenters. The fourth-order valence-corrected chi connectivity index (χ4v) is 3.48. The van der Waals surface area contributed by atoms with Crippen LogP contribution in [0, 0.1) is 5.92 Å². The fourth-order valence-electron chi connectivity index (χ4n) is 3.48. The molecule has 1 N–H and O–H groups in total. The average molecular weight is 261 g/mol. The van der Waals surface area contributed by atoms with Gasteiger partial charge in [0.2, 0.25) is 0 Å². The van der Waals surface area contributed by atoms with E-state index in [1.54, 1.807) is 12.4 Å². The van der Waals surface area contributed by atoms with E-state index in [4.69, 9.17) is 0 Å². The van der Waals surface area contributed by atoms with Gasteiger partial charge < -0.3 is 10.0 Å². The Morgan fingerprint density at radius 1 is 1.21 bits per heavy atom. The topological polar surface area (TPSA) is 66.3 Å². The number of amides is 1. The van der Waals surface area contributed by atoms with Crippen molar-refractivity contribution in [2.75, 3.05) is 6.54 Å². The lowest BCUT2D eigenvalue weighted by atomic mass is 9.94. The lowest BCUT2D eigenvalue weighted by molar-refractivity contribution is 0.0527. The van der Waals surface area contributed by atoms with E-state index < -0.39 is 0 Å². The molecule has 1 aliphatic heterocycles. The molecule has 1 aliphatic carbocycles. The second-order valence-corrected chi connectivity index (χ2v) is 5.50. The highest BCUT2D eigenvalue weighted by Crippen LogP contribution is 2.36. The van der Waals surface area contributed by atoms with E-state index >= 15 is 0 Å². The highest BCUT2D eigenvalue weighted by molar-refractivity contribution is 5.94. The second-order valence-electron chi connectivity index (χ2n) is 5.50. The number of aromatic nitrogens is 2. The maximum Gasteiger partial charge on any atom is 0.257 e. The van der Waals surface area contributed by atoms with E-state index in [0.717, 1.165) is 38.6 Å². The van der Waals surface area contributed by atoms with Crippen LogP contribution in [0.1, 0.15) is 42.5 Å². The van der Waals surface area contributed by atoms with E-state index in [1.165, 1.54) is 6.33 Å². The van der Waals surface area contributed by atoms with Crippen LogP contribution in [-0.2, 0) is 0 Å². The van der Waals surface area contributed by atoms with Crippen molar-refractivity contribution in [3.8, 4) is 0 Å². The number of carbonyl (C=O) groups excluding carboxylic acids is 1. The summed E-state index contributed by atoms with van der Waals surface area (Å²) in [7, 11) is 0. The molecule has 1 amide bonds. The quantitative estimate of drug-likeness (QED) is 0.870. The summed E-state index contributed by atoms with van der Waals surface area (Å²) in [5.41, 5.74) is 0.543. The lowest BCUT2D eigenvalue weighted by Crippen LogP contribution is -2.42. The van der Waals surface area contributed by atoms with Crippen LogP contribution in [0.2, 0.25) is 0 Å². The molecular formula is C14H19N3O2. The predicted molar refractivity (Wildman–Crippen MR) is 69.4 cm³/mol. The molecule has 0 aromatic carbocycles. The monoisotopic (exact) mass is 261 g/mol. The second kappa shape index (κ2) is 5.25. The van der Waals surface area contributed by atoms with Gasteiger partial charge in [0.05, 0.1) is 11.7 Å². The zero-order valence-electron chi connectivity index (χ0n) is 10.9. The number of rotatable bonds is 2. The number of aliphatic hydroxyl groups is 1. The van der Waals surface area contributed by atoms with Gasteiger partial charge in [-0.25, -0.2) is 9.97 Å². The smallest absolute Gasteiger partial charge is 0.257 e. The van der Waals surface area contributed by atoms with E-state index in [9.17, 15) is 9.90 Å². The van der Waals surface area contributed by atoms with E-state index in [-0.39, 0.29) is 24.0 Å². The Labute approximate surface area is 112 Å². The van der Waals surface area contributed by atoms with Crippen LogP contribution >= 0.6 is 0 Å². The molecule has 1 aromatic rings. The van der Waals surface area contributed by atoms with Crippen molar-refractivity contribution in [3.05, 3.63) is 24.3 Å². The van der Waals surface area contributed by atoms with Crippen molar-refractivity contribution in [3.63, 3.8) is 0 Å². The normalized spacial score (nSPS) is 30.8. The lowest BCUT2D eigenvalue weighted by Gasteiger charge is -2.31. The molecule has 0 radical (unpaired) electrons. The molecule has 0 spiro atoms. The number of hydrogen-bond acceptors (Lipinski definition) is 4. The molecule has 3 rings (SSSR count). The first kappa shape index (κ1) is 12.5. The van der Waals surface area contributed by atoms with Gasteiger partial charge >= 0.3 is 0 Å². The minimum Gasteiger partial charge on any atom is -0.393 e. The molecule has 1 saturated heterocycles. The summed E-state index contributed by atoms with van der Waals surface area (Å²) >= 11 is 0. The minimum atomic E-state index is -0.245. The average Bonchev–Trinajstić information content (AvgIpc) is 3.07. The highest BCUT2D eigenvalue weighted by Gasteiger charge is 2.40. The van der Waals surface area contributed by atoms with Crippen LogP contribution in [-0.4, -0.2) is 44.6 Å². The molecule has 0 bridgehead atoms. The van der Waals surface area contributed by atoms with Gasteiger partial charge in [0.1, 0.15) is 6.33 Å². The van der Waals surface area contributed by atoms with Crippen LogP contribution in [0.4, 0.5) is 0 Å². The SMILES string of the molecule is O=C(c1cncnc1)N1CCCC1C1CCCC1O. The van der Waals surface area contributed by atoms with Gasteiger partial charge in [0, 0.05) is 30.9 Å². The van der Waals surface area contributed by atoms with Gasteiger partial charge in [-0.15, -0.1) is 0 Å². The Bertz CT molecular complexity index is 451. The van der Waals surface area contributed by atoms with Crippen LogP contribution < -0.4 is 0 Å². The third-order valence-corrected chi connectivity index (χ3v) is 4.39. The van der Waals surface area contributed by atoms with Gasteiger partial charge in [-0.3, -0.25) is 4.79 Å². The van der Waals surface area contributed by atoms with Crippen LogP contribution in [0.15, 0.2) is 18.7 Å². The zero-order valence-corrected chi connectivity index (χ0v) is 10.9. The molecule has 19 heavy (non-hydrogen) atoms. The molecule has 1 saturated carbocycles. The molecule has 5 nitrogen and oxygen atoms in total. The molecule has 2 heterocycles. The summed E-state index contributed by atoms with van der Waals surface area (Å²) < 4.78 is 0. The molecule has 2 fully saturated rings. The Hall–Kier alpha value is -1.49. The molecule has 3 unspecified atom stereocenters. The Kier molecular flexibility index (Phi) is 3.46. The molecule has 1 aromatic heterocycles. The molecular weight excluding hydrogens is 242 g/mol. The van der Waals surface area contributed by atoms with Crippen LogP contribution in [0.5, 0.6) is 0 Å². The van der Waals surface area contributed by atoms with E-state index in [0.29, 0.717) is 5.56 Å². The van der Waals surface area contributed by atoms with Crippen molar-refractivity contribution in [1.29, 1.82) is 0 Å². The van der Waals surface area contributed by atoms with Crippen LogP contribution in [0.25, 0.3) is 0 Å². The first-order valence-corrected chi connectivity index (χ1v) is 7.01. The predicted octanol–water partition coefficient (Wildman–Crippen LogP) is 1.24. The van der Waals surface area contributed by atoms with E-state index in [2.05, 4.69) is 9.97 Å². The summed E-state index contributed by atoms with van der Waals surface area (Å²) in [5.74, 6) is 0.248. The Morgan fingerprint density at radius 3 is 2.68 bits per heavy atom. The van der Waals surface area contributed by atoms with Gasteiger partial charge in [-0.05, 0) is 25.7 Å². The number of hydrogen-bond donors (Lipinski definition) is 1. The van der Waals surface area contributed by atoms with Crippen molar-refractivity contribution >= 4 is 5.91 Å². The summed E-state index contributed by atoms with van der Waals surface area (Å²) in [5, 5.41) is 10.1. The maximum absolute atomic E-state index is 12.5.